The molecule has 1 amide bonds. The lowest BCUT2D eigenvalue weighted by Gasteiger charge is -2.27. The number of ether oxygens (including phenoxy) is 1. The monoisotopic (exact) mass is 336 g/mol. The van der Waals surface area contributed by atoms with Gasteiger partial charge in [0.2, 0.25) is 5.91 Å². The number of hydrogen-bond acceptors (Lipinski definition) is 3. The van der Waals surface area contributed by atoms with Crippen molar-refractivity contribution < 1.29 is 13.9 Å². The summed E-state index contributed by atoms with van der Waals surface area (Å²) >= 11 is 0. The highest BCUT2D eigenvalue weighted by Crippen LogP contribution is 2.29. The first kappa shape index (κ1) is 18.9. The molecule has 1 unspecified atom stereocenters. The minimum atomic E-state index is -0.198. The van der Waals surface area contributed by atoms with Gasteiger partial charge in [0.15, 0.2) is 0 Å². The fourth-order valence-corrected chi connectivity index (χ4v) is 3.09. The molecule has 0 saturated carbocycles. The summed E-state index contributed by atoms with van der Waals surface area (Å²) in [7, 11) is 0. The molecule has 1 heterocycles. The maximum absolute atomic E-state index is 13.5. The van der Waals surface area contributed by atoms with Crippen LogP contribution in [0.3, 0.4) is 0 Å². The molecule has 1 fully saturated rings. The second-order valence-corrected chi connectivity index (χ2v) is 6.87. The smallest absolute Gasteiger partial charge is 0.220 e. The molecule has 1 atom stereocenters. The number of halogens is 1. The topological polar surface area (TPSA) is 41.6 Å². The zero-order chi connectivity index (χ0) is 17.5. The summed E-state index contributed by atoms with van der Waals surface area (Å²) in [6.07, 6.45) is 0.436. The molecule has 1 aromatic carbocycles. The van der Waals surface area contributed by atoms with Crippen LogP contribution < -0.4 is 5.32 Å². The molecule has 1 aliphatic rings. The Labute approximate surface area is 144 Å². The molecule has 0 spiro atoms. The van der Waals surface area contributed by atoms with Crippen molar-refractivity contribution in [2.75, 3.05) is 39.4 Å². The standard InChI is InChI=1S/C19H29FN2O2/c1-14(2)17(16-4-5-18(20)15(3)12-16)13-19(23)21-6-7-22-8-10-24-11-9-22/h4-5,12,14,17H,6-11,13H2,1-3H3,(H,21,23). The summed E-state index contributed by atoms with van der Waals surface area (Å²) < 4.78 is 18.8. The highest BCUT2D eigenvalue weighted by molar-refractivity contribution is 5.76. The highest BCUT2D eigenvalue weighted by atomic mass is 19.1. The van der Waals surface area contributed by atoms with E-state index in [1.807, 2.05) is 6.07 Å². The van der Waals surface area contributed by atoms with E-state index in [1.54, 1.807) is 13.0 Å². The fourth-order valence-electron chi connectivity index (χ4n) is 3.09. The third-order valence-electron chi connectivity index (χ3n) is 4.67. The van der Waals surface area contributed by atoms with E-state index in [-0.39, 0.29) is 17.6 Å². The maximum Gasteiger partial charge on any atom is 0.220 e. The molecule has 5 heteroatoms. The van der Waals surface area contributed by atoms with Gasteiger partial charge in [-0.2, -0.15) is 0 Å². The number of carbonyl (C=O) groups is 1. The van der Waals surface area contributed by atoms with E-state index in [9.17, 15) is 9.18 Å². The third-order valence-corrected chi connectivity index (χ3v) is 4.67. The molecule has 4 nitrogen and oxygen atoms in total. The Kier molecular flexibility index (Phi) is 7.18. The number of nitrogens with one attached hydrogen (secondary N) is 1. The second-order valence-electron chi connectivity index (χ2n) is 6.87. The van der Waals surface area contributed by atoms with Crippen molar-refractivity contribution in [2.24, 2.45) is 5.92 Å². The molecule has 134 valence electrons. The Morgan fingerprint density at radius 1 is 1.33 bits per heavy atom. The molecule has 1 saturated heterocycles. The summed E-state index contributed by atoms with van der Waals surface area (Å²) in [6.45, 7) is 10.9. The van der Waals surface area contributed by atoms with Crippen LogP contribution in [-0.4, -0.2) is 50.2 Å². The minimum Gasteiger partial charge on any atom is -0.379 e. The van der Waals surface area contributed by atoms with Gasteiger partial charge >= 0.3 is 0 Å². The normalized spacial score (nSPS) is 17.0. The predicted molar refractivity (Wildman–Crippen MR) is 93.6 cm³/mol. The fraction of sp³-hybridized carbons (Fsp3) is 0.632. The molecule has 0 aliphatic carbocycles. The van der Waals surface area contributed by atoms with Crippen molar-refractivity contribution >= 4 is 5.91 Å². The lowest BCUT2D eigenvalue weighted by Crippen LogP contribution is -2.41. The number of rotatable bonds is 7. The lowest BCUT2D eigenvalue weighted by molar-refractivity contribution is -0.121. The number of hydrogen-bond donors (Lipinski definition) is 1. The Morgan fingerprint density at radius 2 is 2.04 bits per heavy atom. The van der Waals surface area contributed by atoms with Crippen molar-refractivity contribution in [3.05, 3.63) is 35.1 Å². The molecule has 1 aliphatic heterocycles. The molecule has 1 N–H and O–H groups in total. The van der Waals surface area contributed by atoms with Gasteiger partial charge in [-0.25, -0.2) is 4.39 Å². The van der Waals surface area contributed by atoms with Crippen molar-refractivity contribution in [1.29, 1.82) is 0 Å². The number of carbonyl (C=O) groups excluding carboxylic acids is 1. The number of morpholine rings is 1. The molecule has 0 aromatic heterocycles. The molecule has 2 rings (SSSR count). The van der Waals surface area contributed by atoms with Crippen LogP contribution in [0.2, 0.25) is 0 Å². The minimum absolute atomic E-state index is 0.0592. The van der Waals surface area contributed by atoms with Gasteiger partial charge in [-0.15, -0.1) is 0 Å². The Bertz CT molecular complexity index is 542. The zero-order valence-electron chi connectivity index (χ0n) is 15.0. The molecule has 24 heavy (non-hydrogen) atoms. The first-order valence-corrected chi connectivity index (χ1v) is 8.80. The van der Waals surface area contributed by atoms with Crippen LogP contribution in [0.4, 0.5) is 4.39 Å². The van der Waals surface area contributed by atoms with Gasteiger partial charge in [-0.05, 0) is 36.0 Å². The van der Waals surface area contributed by atoms with Gasteiger partial charge < -0.3 is 10.1 Å². The summed E-state index contributed by atoms with van der Waals surface area (Å²) in [4.78, 5) is 14.6. The molecular weight excluding hydrogens is 307 g/mol. The average Bonchev–Trinajstić information content (AvgIpc) is 2.56. The third kappa shape index (κ3) is 5.56. The number of benzene rings is 1. The number of aryl methyl sites for hydroxylation is 1. The van der Waals surface area contributed by atoms with Gasteiger partial charge in [0.25, 0.3) is 0 Å². The molecular formula is C19H29FN2O2. The van der Waals surface area contributed by atoms with Crippen LogP contribution in [0.25, 0.3) is 0 Å². The first-order chi connectivity index (χ1) is 11.5. The van der Waals surface area contributed by atoms with Crippen molar-refractivity contribution in [3.63, 3.8) is 0 Å². The van der Waals surface area contributed by atoms with Crippen molar-refractivity contribution in [2.45, 2.75) is 33.1 Å². The SMILES string of the molecule is Cc1cc(C(CC(=O)NCCN2CCOCC2)C(C)C)ccc1F. The first-order valence-electron chi connectivity index (χ1n) is 8.80. The quantitative estimate of drug-likeness (QED) is 0.832. The largest absolute Gasteiger partial charge is 0.379 e. The van der Waals surface area contributed by atoms with E-state index in [4.69, 9.17) is 4.74 Å². The molecule has 0 radical (unpaired) electrons. The Hall–Kier alpha value is -1.46. The van der Waals surface area contributed by atoms with Crippen molar-refractivity contribution in [1.82, 2.24) is 10.2 Å². The van der Waals surface area contributed by atoms with Crippen LogP contribution >= 0.6 is 0 Å². The summed E-state index contributed by atoms with van der Waals surface area (Å²) in [6, 6.07) is 5.16. The molecule has 1 aromatic rings. The van der Waals surface area contributed by atoms with Gasteiger partial charge in [0.1, 0.15) is 5.82 Å². The van der Waals surface area contributed by atoms with Gasteiger partial charge in [0.05, 0.1) is 13.2 Å². The van der Waals surface area contributed by atoms with Gasteiger partial charge in [-0.1, -0.05) is 26.0 Å². The van der Waals surface area contributed by atoms with E-state index < -0.39 is 0 Å². The van der Waals surface area contributed by atoms with Crippen LogP contribution in [0, 0.1) is 18.7 Å². The summed E-state index contributed by atoms with van der Waals surface area (Å²) in [5.41, 5.74) is 1.66. The second kappa shape index (κ2) is 9.14. The van der Waals surface area contributed by atoms with Gasteiger partial charge in [0, 0.05) is 32.6 Å². The number of amides is 1. The summed E-state index contributed by atoms with van der Waals surface area (Å²) in [5.74, 6) is 0.285. The predicted octanol–water partition coefficient (Wildman–Crippen LogP) is 2.71. The number of nitrogens with zero attached hydrogens (tertiary/aromatic N) is 1. The van der Waals surface area contributed by atoms with E-state index >= 15 is 0 Å². The molecule has 0 bridgehead atoms. The lowest BCUT2D eigenvalue weighted by atomic mass is 9.85. The van der Waals surface area contributed by atoms with Crippen LogP contribution in [0.1, 0.15) is 37.3 Å². The summed E-state index contributed by atoms with van der Waals surface area (Å²) in [5, 5.41) is 3.02. The van der Waals surface area contributed by atoms with Crippen LogP contribution in [0.5, 0.6) is 0 Å². The Morgan fingerprint density at radius 3 is 2.67 bits per heavy atom. The van der Waals surface area contributed by atoms with Gasteiger partial charge in [-0.3, -0.25) is 9.69 Å². The highest BCUT2D eigenvalue weighted by Gasteiger charge is 2.20. The van der Waals surface area contributed by atoms with Crippen LogP contribution in [-0.2, 0) is 9.53 Å². The van der Waals surface area contributed by atoms with Crippen molar-refractivity contribution in [3.8, 4) is 0 Å². The van der Waals surface area contributed by atoms with E-state index in [1.165, 1.54) is 6.07 Å². The average molecular weight is 336 g/mol. The van der Waals surface area contributed by atoms with E-state index in [0.29, 0.717) is 24.4 Å². The maximum atomic E-state index is 13.5. The van der Waals surface area contributed by atoms with E-state index in [2.05, 4.69) is 24.1 Å². The van der Waals surface area contributed by atoms with Crippen LogP contribution in [0.15, 0.2) is 18.2 Å². The zero-order valence-corrected chi connectivity index (χ0v) is 15.0. The van der Waals surface area contributed by atoms with E-state index in [0.717, 1.165) is 38.4 Å². The Balaban J connectivity index is 1.85.